The zero-order chi connectivity index (χ0) is 21.0. The summed E-state index contributed by atoms with van der Waals surface area (Å²) in [6.07, 6.45) is 0. The predicted molar refractivity (Wildman–Crippen MR) is 117 cm³/mol. The molecule has 2 amide bonds. The minimum atomic E-state index is -0.662. The Balaban J connectivity index is 1.98. The number of amides is 2. The molecule has 5 nitrogen and oxygen atoms in total. The lowest BCUT2D eigenvalue weighted by molar-refractivity contribution is -0.139. The van der Waals surface area contributed by atoms with Crippen LogP contribution in [0.5, 0.6) is 0 Å². The van der Waals surface area contributed by atoms with Gasteiger partial charge in [-0.15, -0.1) is 11.8 Å². The van der Waals surface area contributed by atoms with Crippen molar-refractivity contribution in [1.82, 2.24) is 10.6 Å². The van der Waals surface area contributed by atoms with Crippen molar-refractivity contribution >= 4 is 58.6 Å². The molecule has 0 fully saturated rings. The molecule has 152 valence electrons. The van der Waals surface area contributed by atoms with E-state index in [-0.39, 0.29) is 6.61 Å². The second-order valence-corrected chi connectivity index (χ2v) is 8.36. The molecule has 29 heavy (non-hydrogen) atoms. The van der Waals surface area contributed by atoms with Crippen molar-refractivity contribution in [2.24, 2.45) is 0 Å². The Kier molecular flexibility index (Phi) is 7.35. The number of esters is 1. The topological polar surface area (TPSA) is 67.4 Å². The number of benzene rings is 2. The third-order valence-electron chi connectivity index (χ3n) is 4.12. The highest BCUT2D eigenvalue weighted by molar-refractivity contribution is 7.99. The molecule has 1 aliphatic rings. The first-order chi connectivity index (χ1) is 13.9. The summed E-state index contributed by atoms with van der Waals surface area (Å²) < 4.78 is 5.25. The summed E-state index contributed by atoms with van der Waals surface area (Å²) in [5.41, 5.74) is 1.50. The predicted octanol–water partition coefficient (Wildman–Crippen LogP) is 5.61. The standard InChI is InChI=1S/C20H17Cl3N2O3S/c1-2-28-19(26)17-15(10-29-16-9-13(22)7-8-14(16)23)24-20(27)25-18(17)11-3-5-12(21)6-4-11/h3-9,18H,2,10H2,1H3,(H2,24,25,27). The second-order valence-electron chi connectivity index (χ2n) is 6.06. The molecule has 3 rings (SSSR count). The van der Waals surface area contributed by atoms with Crippen molar-refractivity contribution in [3.05, 3.63) is 74.4 Å². The largest absolute Gasteiger partial charge is 0.463 e. The number of hydrogen-bond acceptors (Lipinski definition) is 4. The maximum absolute atomic E-state index is 12.7. The minimum Gasteiger partial charge on any atom is -0.463 e. The van der Waals surface area contributed by atoms with Crippen LogP contribution in [0.15, 0.2) is 58.6 Å². The molecular weight excluding hydrogens is 455 g/mol. The zero-order valence-corrected chi connectivity index (χ0v) is 18.4. The molecule has 1 unspecified atom stereocenters. The molecule has 2 aromatic carbocycles. The Labute approximate surface area is 187 Å². The number of carbonyl (C=O) groups excluding carboxylic acids is 2. The van der Waals surface area contributed by atoms with E-state index in [0.29, 0.717) is 32.1 Å². The summed E-state index contributed by atoms with van der Waals surface area (Å²) in [7, 11) is 0. The second kappa shape index (κ2) is 9.76. The minimum absolute atomic E-state index is 0.212. The van der Waals surface area contributed by atoms with Crippen molar-refractivity contribution < 1.29 is 14.3 Å². The molecule has 0 bridgehead atoms. The van der Waals surface area contributed by atoms with E-state index in [4.69, 9.17) is 39.5 Å². The van der Waals surface area contributed by atoms with Crippen molar-refractivity contribution in [1.29, 1.82) is 0 Å². The van der Waals surface area contributed by atoms with Gasteiger partial charge < -0.3 is 15.4 Å². The lowest BCUT2D eigenvalue weighted by Gasteiger charge is -2.29. The average molecular weight is 472 g/mol. The van der Waals surface area contributed by atoms with E-state index in [1.54, 1.807) is 49.4 Å². The van der Waals surface area contributed by atoms with Gasteiger partial charge in [-0.2, -0.15) is 0 Å². The fourth-order valence-corrected chi connectivity index (χ4v) is 4.41. The number of halogens is 3. The summed E-state index contributed by atoms with van der Waals surface area (Å²) in [5, 5.41) is 7.15. The molecule has 1 aliphatic heterocycles. The maximum atomic E-state index is 12.7. The molecule has 1 atom stereocenters. The molecule has 2 aromatic rings. The van der Waals surface area contributed by atoms with Crippen molar-refractivity contribution in [3.63, 3.8) is 0 Å². The van der Waals surface area contributed by atoms with Gasteiger partial charge in [0.25, 0.3) is 0 Å². The van der Waals surface area contributed by atoms with Crippen LogP contribution in [0.4, 0.5) is 4.79 Å². The van der Waals surface area contributed by atoms with Crippen LogP contribution in [0, 0.1) is 0 Å². The van der Waals surface area contributed by atoms with Crippen molar-refractivity contribution in [2.45, 2.75) is 17.9 Å². The Morgan fingerprint density at radius 2 is 1.79 bits per heavy atom. The number of nitrogens with one attached hydrogen (secondary N) is 2. The number of hydrogen-bond donors (Lipinski definition) is 2. The van der Waals surface area contributed by atoms with E-state index in [2.05, 4.69) is 10.6 Å². The molecular formula is C20H17Cl3N2O3S. The number of thioether (sulfide) groups is 1. The van der Waals surface area contributed by atoms with Crippen LogP contribution < -0.4 is 10.6 Å². The van der Waals surface area contributed by atoms with Crippen LogP contribution in [0.2, 0.25) is 15.1 Å². The first-order valence-electron chi connectivity index (χ1n) is 8.70. The van der Waals surface area contributed by atoms with Crippen molar-refractivity contribution in [2.75, 3.05) is 12.4 Å². The van der Waals surface area contributed by atoms with Gasteiger partial charge in [-0.1, -0.05) is 46.9 Å². The van der Waals surface area contributed by atoms with E-state index in [1.165, 1.54) is 11.8 Å². The van der Waals surface area contributed by atoms with Gasteiger partial charge in [0.15, 0.2) is 0 Å². The quantitative estimate of drug-likeness (QED) is 0.424. The Hall–Kier alpha value is -1.86. The number of urea groups is 1. The van der Waals surface area contributed by atoms with E-state index in [1.807, 2.05) is 0 Å². The Morgan fingerprint density at radius 3 is 2.48 bits per heavy atom. The van der Waals surface area contributed by atoms with Crippen molar-refractivity contribution in [3.8, 4) is 0 Å². The molecule has 2 N–H and O–H groups in total. The van der Waals surface area contributed by atoms with E-state index >= 15 is 0 Å². The fraction of sp³-hybridized carbons (Fsp3) is 0.200. The molecule has 0 spiro atoms. The number of rotatable bonds is 6. The number of carbonyl (C=O) groups is 2. The third-order valence-corrected chi connectivity index (χ3v) is 6.13. The van der Waals surface area contributed by atoms with Gasteiger partial charge in [-0.3, -0.25) is 0 Å². The highest BCUT2D eigenvalue weighted by Gasteiger charge is 2.33. The SMILES string of the molecule is CCOC(=O)C1=C(CSc2cc(Cl)ccc2Cl)NC(=O)NC1c1ccc(Cl)cc1. The summed E-state index contributed by atoms with van der Waals surface area (Å²) in [4.78, 5) is 25.8. The van der Waals surface area contributed by atoms with Crippen LogP contribution in [0.3, 0.4) is 0 Å². The maximum Gasteiger partial charge on any atom is 0.338 e. The first-order valence-corrected chi connectivity index (χ1v) is 10.8. The van der Waals surface area contributed by atoms with Crippen LogP contribution in [-0.4, -0.2) is 24.4 Å². The molecule has 0 saturated carbocycles. The summed E-state index contributed by atoms with van der Waals surface area (Å²) in [6.45, 7) is 1.94. The number of ether oxygens (including phenoxy) is 1. The molecule has 0 aromatic heterocycles. The normalized spacial score (nSPS) is 16.3. The van der Waals surface area contributed by atoms with Crippen LogP contribution in [0.25, 0.3) is 0 Å². The molecule has 0 radical (unpaired) electrons. The fourth-order valence-electron chi connectivity index (χ4n) is 2.82. The average Bonchev–Trinajstić information content (AvgIpc) is 2.69. The van der Waals surface area contributed by atoms with Gasteiger partial charge in [-0.05, 0) is 42.8 Å². The van der Waals surface area contributed by atoms with Gasteiger partial charge >= 0.3 is 12.0 Å². The smallest absolute Gasteiger partial charge is 0.338 e. The highest BCUT2D eigenvalue weighted by atomic mass is 35.5. The lowest BCUT2D eigenvalue weighted by atomic mass is 9.95. The first kappa shape index (κ1) is 21.8. The Morgan fingerprint density at radius 1 is 1.10 bits per heavy atom. The lowest BCUT2D eigenvalue weighted by Crippen LogP contribution is -2.46. The van der Waals surface area contributed by atoms with Gasteiger partial charge in [0, 0.05) is 26.4 Å². The molecule has 9 heteroatoms. The summed E-state index contributed by atoms with van der Waals surface area (Å²) in [5.74, 6) is -0.209. The Bertz CT molecular complexity index is 964. The monoisotopic (exact) mass is 470 g/mol. The summed E-state index contributed by atoms with van der Waals surface area (Å²) in [6, 6.07) is 11.0. The molecule has 1 heterocycles. The van der Waals surface area contributed by atoms with Gasteiger partial charge in [0.2, 0.25) is 0 Å². The highest BCUT2D eigenvalue weighted by Crippen LogP contribution is 2.34. The van der Waals surface area contributed by atoms with Gasteiger partial charge in [-0.25, -0.2) is 9.59 Å². The zero-order valence-electron chi connectivity index (χ0n) is 15.3. The van der Waals surface area contributed by atoms with Crippen LogP contribution in [-0.2, 0) is 9.53 Å². The molecule has 0 saturated heterocycles. The van der Waals surface area contributed by atoms with E-state index < -0.39 is 18.0 Å². The van der Waals surface area contributed by atoms with Crippen LogP contribution in [0.1, 0.15) is 18.5 Å². The van der Waals surface area contributed by atoms with E-state index in [9.17, 15) is 9.59 Å². The van der Waals surface area contributed by atoms with Gasteiger partial charge in [0.1, 0.15) is 0 Å². The third kappa shape index (κ3) is 5.39. The molecule has 0 aliphatic carbocycles. The van der Waals surface area contributed by atoms with Crippen LogP contribution >= 0.6 is 46.6 Å². The van der Waals surface area contributed by atoms with Gasteiger partial charge in [0.05, 0.1) is 23.2 Å². The van der Waals surface area contributed by atoms with E-state index in [0.717, 1.165) is 10.5 Å². The summed E-state index contributed by atoms with van der Waals surface area (Å²) >= 11 is 19.6.